The summed E-state index contributed by atoms with van der Waals surface area (Å²) in [4.78, 5) is 25.6. The van der Waals surface area contributed by atoms with E-state index in [9.17, 15) is 9.59 Å². The highest BCUT2D eigenvalue weighted by molar-refractivity contribution is 8.13. The third kappa shape index (κ3) is 3.67. The summed E-state index contributed by atoms with van der Waals surface area (Å²) in [5.74, 6) is 1.78. The fourth-order valence-electron chi connectivity index (χ4n) is 2.98. The first-order valence-electron chi connectivity index (χ1n) is 7.66. The van der Waals surface area contributed by atoms with Crippen molar-refractivity contribution in [3.63, 3.8) is 0 Å². The van der Waals surface area contributed by atoms with Gasteiger partial charge in [0.2, 0.25) is 5.91 Å². The highest BCUT2D eigenvalue weighted by Crippen LogP contribution is 2.35. The average Bonchev–Trinajstić information content (AvgIpc) is 3.18. The molecule has 2 heterocycles. The number of rotatable bonds is 5. The number of carbonyl (C=O) groups excluding carboxylic acids is 2. The molecule has 1 aliphatic rings. The van der Waals surface area contributed by atoms with Crippen LogP contribution in [-0.2, 0) is 9.59 Å². The van der Waals surface area contributed by atoms with Gasteiger partial charge in [-0.3, -0.25) is 9.59 Å². The molecule has 3 rings (SSSR count). The van der Waals surface area contributed by atoms with E-state index >= 15 is 0 Å². The van der Waals surface area contributed by atoms with Crippen molar-refractivity contribution in [3.8, 4) is 0 Å². The smallest absolute Gasteiger partial charge is 0.223 e. The lowest BCUT2D eigenvalue weighted by Crippen LogP contribution is -2.31. The first-order valence-corrected chi connectivity index (χ1v) is 8.65. The Morgan fingerprint density at radius 2 is 2.09 bits per heavy atom. The topological polar surface area (TPSA) is 50.5 Å². The molecule has 23 heavy (non-hydrogen) atoms. The molecule has 1 aromatic carbocycles. The maximum absolute atomic E-state index is 12.5. The molecule has 0 saturated carbocycles. The van der Waals surface area contributed by atoms with E-state index in [1.807, 2.05) is 47.4 Å². The molecule has 0 aliphatic carbocycles. The summed E-state index contributed by atoms with van der Waals surface area (Å²) in [6.45, 7) is 2.22. The summed E-state index contributed by atoms with van der Waals surface area (Å²) >= 11 is 1.30. The first kappa shape index (κ1) is 15.9. The maximum Gasteiger partial charge on any atom is 0.223 e. The molecular weight excluding hydrogens is 310 g/mol. The van der Waals surface area contributed by atoms with Crippen LogP contribution < -0.4 is 0 Å². The number of amides is 1. The Kier molecular flexibility index (Phi) is 4.86. The van der Waals surface area contributed by atoms with Gasteiger partial charge >= 0.3 is 0 Å². The van der Waals surface area contributed by atoms with Crippen LogP contribution >= 0.6 is 11.8 Å². The summed E-state index contributed by atoms with van der Waals surface area (Å²) in [6, 6.07) is 13.5. The average molecular weight is 329 g/mol. The van der Waals surface area contributed by atoms with Gasteiger partial charge < -0.3 is 9.32 Å². The molecule has 0 bridgehead atoms. The number of benzene rings is 1. The van der Waals surface area contributed by atoms with Crippen molar-refractivity contribution in [2.45, 2.75) is 19.4 Å². The predicted octanol–water partition coefficient (Wildman–Crippen LogP) is 3.50. The highest BCUT2D eigenvalue weighted by atomic mass is 32.2. The molecule has 2 aromatic rings. The van der Waals surface area contributed by atoms with Crippen LogP contribution in [0.25, 0.3) is 0 Å². The molecule has 1 saturated heterocycles. The quantitative estimate of drug-likeness (QED) is 0.842. The van der Waals surface area contributed by atoms with Gasteiger partial charge in [0.05, 0.1) is 6.26 Å². The largest absolute Gasteiger partial charge is 0.467 e. The Labute approximate surface area is 139 Å². The van der Waals surface area contributed by atoms with Gasteiger partial charge in [-0.15, -0.1) is 0 Å². The number of likely N-dealkylation sites (tertiary alicyclic amines) is 1. The number of thioether (sulfide) groups is 1. The molecule has 0 N–H and O–H groups in total. The van der Waals surface area contributed by atoms with Gasteiger partial charge in [0, 0.05) is 25.6 Å². The van der Waals surface area contributed by atoms with Gasteiger partial charge in [-0.25, -0.2) is 0 Å². The normalized spacial score (nSPS) is 19.1. The minimum absolute atomic E-state index is 0.0987. The Bertz CT molecular complexity index is 669. The SMILES string of the molecule is CC(=O)SCC1CC(=O)N(C(c2ccccc2)c2ccco2)C1. The lowest BCUT2D eigenvalue weighted by atomic mass is 10.0. The standard InChI is InChI=1S/C18H19NO3S/c1-13(20)23-12-14-10-17(21)19(11-14)18(16-8-5-9-22-16)15-6-3-2-4-7-15/h2-9,14,18H,10-12H2,1H3. The molecule has 4 nitrogen and oxygen atoms in total. The summed E-state index contributed by atoms with van der Waals surface area (Å²) in [5.41, 5.74) is 1.04. The number of nitrogens with zero attached hydrogens (tertiary/aromatic N) is 1. The van der Waals surface area contributed by atoms with Crippen LogP contribution in [0.15, 0.2) is 53.1 Å². The summed E-state index contributed by atoms with van der Waals surface area (Å²) in [5, 5.41) is 0.0987. The zero-order valence-corrected chi connectivity index (χ0v) is 13.8. The van der Waals surface area contributed by atoms with Crippen LogP contribution in [0.1, 0.15) is 30.7 Å². The monoisotopic (exact) mass is 329 g/mol. The van der Waals surface area contributed by atoms with Gasteiger partial charge in [-0.05, 0) is 23.6 Å². The number of hydrogen-bond donors (Lipinski definition) is 0. The van der Waals surface area contributed by atoms with Gasteiger partial charge in [0.15, 0.2) is 5.12 Å². The molecular formula is C18H19NO3S. The Hall–Kier alpha value is -2.01. The van der Waals surface area contributed by atoms with Crippen LogP contribution in [0, 0.1) is 5.92 Å². The van der Waals surface area contributed by atoms with Crippen molar-refractivity contribution in [2.24, 2.45) is 5.92 Å². The molecule has 2 unspecified atom stereocenters. The van der Waals surface area contributed by atoms with Crippen molar-refractivity contribution in [3.05, 3.63) is 60.1 Å². The van der Waals surface area contributed by atoms with E-state index in [4.69, 9.17) is 4.42 Å². The van der Waals surface area contributed by atoms with E-state index in [2.05, 4.69) is 0 Å². The third-order valence-electron chi connectivity index (χ3n) is 4.00. The number of hydrogen-bond acceptors (Lipinski definition) is 4. The van der Waals surface area contributed by atoms with Crippen LogP contribution in [0.2, 0.25) is 0 Å². The second kappa shape index (κ2) is 7.04. The van der Waals surface area contributed by atoms with E-state index in [0.717, 1.165) is 11.3 Å². The van der Waals surface area contributed by atoms with Gasteiger partial charge in [-0.2, -0.15) is 0 Å². The molecule has 0 radical (unpaired) electrons. The highest BCUT2D eigenvalue weighted by Gasteiger charge is 2.36. The van der Waals surface area contributed by atoms with Gasteiger partial charge in [-0.1, -0.05) is 42.1 Å². The van der Waals surface area contributed by atoms with Crippen molar-refractivity contribution < 1.29 is 14.0 Å². The van der Waals surface area contributed by atoms with E-state index in [-0.39, 0.29) is 23.0 Å². The Morgan fingerprint density at radius 1 is 1.30 bits per heavy atom. The van der Waals surface area contributed by atoms with E-state index in [1.165, 1.54) is 11.8 Å². The van der Waals surface area contributed by atoms with Crippen molar-refractivity contribution in [2.75, 3.05) is 12.3 Å². The lowest BCUT2D eigenvalue weighted by molar-refractivity contribution is -0.129. The molecule has 2 atom stereocenters. The zero-order chi connectivity index (χ0) is 16.2. The Balaban J connectivity index is 1.83. The minimum Gasteiger partial charge on any atom is -0.467 e. The maximum atomic E-state index is 12.5. The minimum atomic E-state index is -0.203. The fourth-order valence-corrected chi connectivity index (χ4v) is 3.68. The molecule has 5 heteroatoms. The van der Waals surface area contributed by atoms with E-state index in [1.54, 1.807) is 13.2 Å². The van der Waals surface area contributed by atoms with Crippen LogP contribution in [0.4, 0.5) is 0 Å². The van der Waals surface area contributed by atoms with Crippen molar-refractivity contribution in [1.29, 1.82) is 0 Å². The van der Waals surface area contributed by atoms with Crippen LogP contribution in [-0.4, -0.2) is 28.2 Å². The Morgan fingerprint density at radius 3 is 2.74 bits per heavy atom. The first-order chi connectivity index (χ1) is 11.1. The predicted molar refractivity (Wildman–Crippen MR) is 90.0 cm³/mol. The van der Waals surface area contributed by atoms with Crippen LogP contribution in [0.3, 0.4) is 0 Å². The van der Waals surface area contributed by atoms with E-state index in [0.29, 0.717) is 18.7 Å². The second-order valence-corrected chi connectivity index (χ2v) is 6.94. The fraction of sp³-hybridized carbons (Fsp3) is 0.333. The summed E-state index contributed by atoms with van der Waals surface area (Å²) in [6.07, 6.45) is 2.12. The number of carbonyl (C=O) groups is 2. The molecule has 1 fully saturated rings. The number of furan rings is 1. The zero-order valence-electron chi connectivity index (χ0n) is 13.0. The van der Waals surface area contributed by atoms with Gasteiger partial charge in [0.1, 0.15) is 11.8 Å². The molecule has 120 valence electrons. The van der Waals surface area contributed by atoms with Crippen LogP contribution in [0.5, 0.6) is 0 Å². The summed E-state index contributed by atoms with van der Waals surface area (Å²) in [7, 11) is 0. The van der Waals surface area contributed by atoms with Gasteiger partial charge in [0.25, 0.3) is 0 Å². The van der Waals surface area contributed by atoms with Crippen molar-refractivity contribution >= 4 is 22.8 Å². The van der Waals surface area contributed by atoms with Crippen molar-refractivity contribution in [1.82, 2.24) is 4.90 Å². The third-order valence-corrected chi connectivity index (χ3v) is 5.05. The summed E-state index contributed by atoms with van der Waals surface area (Å²) < 4.78 is 5.59. The van der Waals surface area contributed by atoms with E-state index < -0.39 is 0 Å². The lowest BCUT2D eigenvalue weighted by Gasteiger charge is -2.27. The molecule has 0 spiro atoms. The molecule has 1 aliphatic heterocycles. The molecule has 1 amide bonds. The molecule has 1 aromatic heterocycles. The second-order valence-electron chi connectivity index (χ2n) is 5.75.